The Kier molecular flexibility index (Phi) is 3.64. The van der Waals surface area contributed by atoms with E-state index >= 15 is 0 Å². The smallest absolute Gasteiger partial charge is 0.201 e. The maximum Gasteiger partial charge on any atom is 0.201 e. The Balaban J connectivity index is 2.14. The number of aromatic amines is 1. The summed E-state index contributed by atoms with van der Waals surface area (Å²) in [6.07, 6.45) is 0. The highest BCUT2D eigenvalue weighted by atomic mass is 35.5. The highest BCUT2D eigenvalue weighted by Gasteiger charge is 2.09. The quantitative estimate of drug-likeness (QED) is 0.787. The van der Waals surface area contributed by atoms with Crippen molar-refractivity contribution in [3.63, 3.8) is 0 Å². The lowest BCUT2D eigenvalue weighted by Crippen LogP contribution is -2.27. The minimum atomic E-state index is 0.0622. The van der Waals surface area contributed by atoms with Gasteiger partial charge in [-0.1, -0.05) is 12.1 Å². The molecule has 16 heavy (non-hydrogen) atoms. The third-order valence-corrected chi connectivity index (χ3v) is 2.66. The van der Waals surface area contributed by atoms with Crippen molar-refractivity contribution in [1.29, 1.82) is 0 Å². The van der Waals surface area contributed by atoms with Crippen LogP contribution in [0.4, 0.5) is 5.95 Å². The van der Waals surface area contributed by atoms with Crippen LogP contribution in [0.2, 0.25) is 0 Å². The number of nitrogens with zero attached hydrogens (tertiary/aromatic N) is 1. The Morgan fingerprint density at radius 1 is 1.50 bits per heavy atom. The number of benzene rings is 1. The largest absolute Gasteiger partial charge is 0.383 e. The standard InChI is InChI=1S/C11H14ClN3O/c1-16-7-8(6-12)13-11-14-9-4-2-3-5-10(9)15-11/h2-5,8H,6-7H2,1H3,(H2,13,14,15). The Morgan fingerprint density at radius 2 is 2.31 bits per heavy atom. The first-order valence-electron chi connectivity index (χ1n) is 5.09. The molecule has 0 saturated carbocycles. The van der Waals surface area contributed by atoms with Gasteiger partial charge in [-0.15, -0.1) is 11.6 Å². The first kappa shape index (κ1) is 11.2. The number of aromatic nitrogens is 2. The van der Waals surface area contributed by atoms with Crippen LogP contribution in [-0.4, -0.2) is 35.6 Å². The third kappa shape index (κ3) is 2.46. The van der Waals surface area contributed by atoms with E-state index < -0.39 is 0 Å². The van der Waals surface area contributed by atoms with E-state index in [0.29, 0.717) is 12.5 Å². The van der Waals surface area contributed by atoms with Gasteiger partial charge >= 0.3 is 0 Å². The molecule has 1 aromatic heterocycles. The monoisotopic (exact) mass is 239 g/mol. The zero-order chi connectivity index (χ0) is 11.4. The van der Waals surface area contributed by atoms with Gasteiger partial charge in [0, 0.05) is 13.0 Å². The molecule has 0 radical (unpaired) electrons. The van der Waals surface area contributed by atoms with Crippen molar-refractivity contribution >= 4 is 28.6 Å². The molecular formula is C11H14ClN3O. The number of methoxy groups -OCH3 is 1. The van der Waals surface area contributed by atoms with Gasteiger partial charge in [-0.2, -0.15) is 0 Å². The molecule has 0 aliphatic carbocycles. The summed E-state index contributed by atoms with van der Waals surface area (Å²) in [5, 5.41) is 3.20. The van der Waals surface area contributed by atoms with E-state index in [-0.39, 0.29) is 6.04 Å². The third-order valence-electron chi connectivity index (χ3n) is 2.28. The number of halogens is 1. The molecule has 2 N–H and O–H groups in total. The number of para-hydroxylation sites is 2. The van der Waals surface area contributed by atoms with Gasteiger partial charge in [-0.3, -0.25) is 0 Å². The summed E-state index contributed by atoms with van der Waals surface area (Å²) >= 11 is 5.81. The summed E-state index contributed by atoms with van der Waals surface area (Å²) in [6, 6.07) is 7.94. The fourth-order valence-electron chi connectivity index (χ4n) is 1.54. The normalized spacial score (nSPS) is 12.9. The first-order chi connectivity index (χ1) is 7.83. The van der Waals surface area contributed by atoms with Crippen LogP contribution in [-0.2, 0) is 4.74 Å². The van der Waals surface area contributed by atoms with Gasteiger partial charge in [0.15, 0.2) is 0 Å². The number of H-pyrrole nitrogens is 1. The van der Waals surface area contributed by atoms with E-state index in [1.807, 2.05) is 24.3 Å². The van der Waals surface area contributed by atoms with E-state index in [9.17, 15) is 0 Å². The molecule has 0 saturated heterocycles. The van der Waals surface area contributed by atoms with Crippen molar-refractivity contribution in [2.75, 3.05) is 24.9 Å². The van der Waals surface area contributed by atoms with E-state index in [1.165, 1.54) is 0 Å². The highest BCUT2D eigenvalue weighted by molar-refractivity contribution is 6.18. The summed E-state index contributed by atoms with van der Waals surface area (Å²) in [5.41, 5.74) is 1.95. The Morgan fingerprint density at radius 3 is 3.00 bits per heavy atom. The number of imidazole rings is 1. The minimum Gasteiger partial charge on any atom is -0.383 e. The number of anilines is 1. The van der Waals surface area contributed by atoms with E-state index in [4.69, 9.17) is 16.3 Å². The lowest BCUT2D eigenvalue weighted by Gasteiger charge is -2.13. The van der Waals surface area contributed by atoms with Crippen molar-refractivity contribution in [2.45, 2.75) is 6.04 Å². The molecule has 0 spiro atoms. The molecule has 86 valence electrons. The molecule has 1 unspecified atom stereocenters. The number of nitrogens with one attached hydrogen (secondary N) is 2. The van der Waals surface area contributed by atoms with Crippen molar-refractivity contribution in [3.05, 3.63) is 24.3 Å². The van der Waals surface area contributed by atoms with Gasteiger partial charge in [0.2, 0.25) is 5.95 Å². The lowest BCUT2D eigenvalue weighted by molar-refractivity contribution is 0.191. The van der Waals surface area contributed by atoms with Crippen molar-refractivity contribution in [2.24, 2.45) is 0 Å². The zero-order valence-electron chi connectivity index (χ0n) is 9.03. The van der Waals surface area contributed by atoms with Gasteiger partial charge < -0.3 is 15.0 Å². The molecule has 0 bridgehead atoms. The van der Waals surface area contributed by atoms with E-state index in [0.717, 1.165) is 17.0 Å². The topological polar surface area (TPSA) is 49.9 Å². The van der Waals surface area contributed by atoms with E-state index in [2.05, 4.69) is 15.3 Å². The first-order valence-corrected chi connectivity index (χ1v) is 5.63. The Bertz CT molecular complexity index is 424. The number of fused-ring (bicyclic) bond motifs is 1. The summed E-state index contributed by atoms with van der Waals surface area (Å²) < 4.78 is 5.05. The van der Waals surface area contributed by atoms with Crippen LogP contribution >= 0.6 is 11.6 Å². The molecule has 5 heteroatoms. The SMILES string of the molecule is COCC(CCl)Nc1nc2ccccc2[nH]1. The fourth-order valence-corrected chi connectivity index (χ4v) is 1.71. The molecular weight excluding hydrogens is 226 g/mol. The van der Waals surface area contributed by atoms with Crippen LogP contribution < -0.4 is 5.32 Å². The van der Waals surface area contributed by atoms with Crippen LogP contribution in [0.5, 0.6) is 0 Å². The second-order valence-corrected chi connectivity index (χ2v) is 3.86. The maximum atomic E-state index is 5.81. The van der Waals surface area contributed by atoms with Gasteiger partial charge in [-0.05, 0) is 12.1 Å². The number of hydrogen-bond acceptors (Lipinski definition) is 3. The highest BCUT2D eigenvalue weighted by Crippen LogP contribution is 2.14. The molecule has 0 aliphatic heterocycles. The molecule has 1 aromatic carbocycles. The predicted molar refractivity (Wildman–Crippen MR) is 66.1 cm³/mol. The average molecular weight is 240 g/mol. The predicted octanol–water partition coefficient (Wildman–Crippen LogP) is 2.23. The van der Waals surface area contributed by atoms with Gasteiger partial charge in [0.05, 0.1) is 23.7 Å². The van der Waals surface area contributed by atoms with Crippen molar-refractivity contribution in [3.8, 4) is 0 Å². The maximum absolute atomic E-state index is 5.81. The molecule has 2 rings (SSSR count). The molecule has 0 amide bonds. The van der Waals surface area contributed by atoms with Crippen LogP contribution in [0, 0.1) is 0 Å². The second kappa shape index (κ2) is 5.18. The van der Waals surface area contributed by atoms with Crippen LogP contribution in [0.15, 0.2) is 24.3 Å². The molecule has 4 nitrogen and oxygen atoms in total. The molecule has 1 heterocycles. The summed E-state index contributed by atoms with van der Waals surface area (Å²) in [6.45, 7) is 0.556. The lowest BCUT2D eigenvalue weighted by atomic mass is 10.3. The van der Waals surface area contributed by atoms with Crippen LogP contribution in [0.3, 0.4) is 0 Å². The zero-order valence-corrected chi connectivity index (χ0v) is 9.79. The second-order valence-electron chi connectivity index (χ2n) is 3.55. The summed E-state index contributed by atoms with van der Waals surface area (Å²) in [4.78, 5) is 7.58. The summed E-state index contributed by atoms with van der Waals surface area (Å²) in [7, 11) is 1.65. The fraction of sp³-hybridized carbons (Fsp3) is 0.364. The van der Waals surface area contributed by atoms with Gasteiger partial charge in [0.1, 0.15) is 0 Å². The van der Waals surface area contributed by atoms with E-state index in [1.54, 1.807) is 7.11 Å². The molecule has 2 aromatic rings. The Labute approximate surface area is 99.0 Å². The van der Waals surface area contributed by atoms with Crippen LogP contribution in [0.1, 0.15) is 0 Å². The number of alkyl halides is 1. The van der Waals surface area contributed by atoms with Gasteiger partial charge in [0.25, 0.3) is 0 Å². The number of rotatable bonds is 5. The Hall–Kier alpha value is -1.26. The minimum absolute atomic E-state index is 0.0622. The summed E-state index contributed by atoms with van der Waals surface area (Å²) in [5.74, 6) is 1.20. The van der Waals surface area contributed by atoms with Gasteiger partial charge in [-0.25, -0.2) is 4.98 Å². The van der Waals surface area contributed by atoms with Crippen molar-refractivity contribution in [1.82, 2.24) is 9.97 Å². The number of ether oxygens (including phenoxy) is 1. The molecule has 0 aliphatic rings. The van der Waals surface area contributed by atoms with Crippen LogP contribution in [0.25, 0.3) is 11.0 Å². The van der Waals surface area contributed by atoms with Crippen molar-refractivity contribution < 1.29 is 4.74 Å². The number of hydrogen-bond donors (Lipinski definition) is 2. The molecule has 1 atom stereocenters. The molecule has 0 fully saturated rings. The average Bonchev–Trinajstić information content (AvgIpc) is 2.70.